The van der Waals surface area contributed by atoms with E-state index in [9.17, 15) is 18.0 Å². The molecule has 2 aromatic rings. The number of anilines is 1. The summed E-state index contributed by atoms with van der Waals surface area (Å²) in [5.41, 5.74) is 3.16. The van der Waals surface area contributed by atoms with Crippen LogP contribution < -0.4 is 9.62 Å². The summed E-state index contributed by atoms with van der Waals surface area (Å²) in [7, 11) is -3.74. The van der Waals surface area contributed by atoms with Gasteiger partial charge >= 0.3 is 0 Å². The molecule has 8 heteroatoms. The van der Waals surface area contributed by atoms with Gasteiger partial charge in [0.1, 0.15) is 12.6 Å². The van der Waals surface area contributed by atoms with Crippen molar-refractivity contribution in [2.24, 2.45) is 0 Å². The molecule has 1 atom stereocenters. The first-order chi connectivity index (χ1) is 17.1. The van der Waals surface area contributed by atoms with Gasteiger partial charge in [-0.3, -0.25) is 13.9 Å². The van der Waals surface area contributed by atoms with E-state index in [1.54, 1.807) is 17.0 Å². The van der Waals surface area contributed by atoms with Crippen LogP contribution in [0.4, 0.5) is 5.69 Å². The first-order valence-electron chi connectivity index (χ1n) is 12.8. The van der Waals surface area contributed by atoms with Crippen molar-refractivity contribution in [1.29, 1.82) is 0 Å². The van der Waals surface area contributed by atoms with Gasteiger partial charge in [-0.25, -0.2) is 8.42 Å². The Kier molecular flexibility index (Phi) is 9.54. The number of rotatable bonds is 10. The fourth-order valence-electron chi connectivity index (χ4n) is 4.91. The minimum Gasteiger partial charge on any atom is -0.352 e. The second kappa shape index (κ2) is 12.4. The number of nitrogens with zero attached hydrogens (tertiary/aromatic N) is 2. The van der Waals surface area contributed by atoms with Crippen LogP contribution in [0.3, 0.4) is 0 Å². The van der Waals surface area contributed by atoms with Gasteiger partial charge in [-0.05, 0) is 50.3 Å². The Labute approximate surface area is 215 Å². The largest absolute Gasteiger partial charge is 0.352 e. The van der Waals surface area contributed by atoms with Crippen LogP contribution in [0.25, 0.3) is 0 Å². The summed E-state index contributed by atoms with van der Waals surface area (Å²) >= 11 is 0. The Bertz CT molecular complexity index is 1160. The Balaban J connectivity index is 1.92. The van der Waals surface area contributed by atoms with E-state index >= 15 is 0 Å². The number of nitrogens with one attached hydrogen (secondary N) is 1. The highest BCUT2D eigenvalue weighted by molar-refractivity contribution is 7.92. The molecule has 0 bridgehead atoms. The fraction of sp³-hybridized carbons (Fsp3) is 0.500. The Hall–Kier alpha value is -2.87. The maximum Gasteiger partial charge on any atom is 0.244 e. The third kappa shape index (κ3) is 7.32. The van der Waals surface area contributed by atoms with Crippen molar-refractivity contribution in [3.8, 4) is 0 Å². The summed E-state index contributed by atoms with van der Waals surface area (Å²) in [5, 5.41) is 3.16. The molecule has 0 spiro atoms. The van der Waals surface area contributed by atoms with Gasteiger partial charge in [0.25, 0.3) is 0 Å². The van der Waals surface area contributed by atoms with E-state index in [0.717, 1.165) is 52.9 Å². The quantitative estimate of drug-likeness (QED) is 0.512. The first kappa shape index (κ1) is 27.7. The second-order valence-corrected chi connectivity index (χ2v) is 11.7. The number of hydrogen-bond acceptors (Lipinski definition) is 4. The average Bonchev–Trinajstić information content (AvgIpc) is 2.83. The molecule has 3 rings (SSSR count). The highest BCUT2D eigenvalue weighted by Gasteiger charge is 2.33. The molecule has 0 heterocycles. The number of hydrogen-bond donors (Lipinski definition) is 1. The van der Waals surface area contributed by atoms with Gasteiger partial charge in [0, 0.05) is 12.6 Å². The van der Waals surface area contributed by atoms with Crippen molar-refractivity contribution in [2.45, 2.75) is 77.9 Å². The molecule has 0 aliphatic heterocycles. The van der Waals surface area contributed by atoms with Crippen LogP contribution in [0.15, 0.2) is 48.5 Å². The molecule has 196 valence electrons. The highest BCUT2D eigenvalue weighted by atomic mass is 32.2. The zero-order chi connectivity index (χ0) is 26.3. The molecule has 2 aromatic carbocycles. The highest BCUT2D eigenvalue weighted by Crippen LogP contribution is 2.24. The van der Waals surface area contributed by atoms with Crippen molar-refractivity contribution >= 4 is 27.5 Å². The maximum atomic E-state index is 13.8. The number of aryl methyl sites for hydroxylation is 2. The molecular weight excluding hydrogens is 474 g/mol. The number of amides is 2. The van der Waals surface area contributed by atoms with E-state index in [-0.39, 0.29) is 25.0 Å². The smallest absolute Gasteiger partial charge is 0.244 e. The van der Waals surface area contributed by atoms with E-state index in [2.05, 4.69) is 5.32 Å². The van der Waals surface area contributed by atoms with Crippen LogP contribution in [-0.2, 0) is 26.2 Å². The van der Waals surface area contributed by atoms with Crippen LogP contribution in [0, 0.1) is 13.8 Å². The summed E-state index contributed by atoms with van der Waals surface area (Å²) in [6, 6.07) is 14.3. The molecule has 1 saturated carbocycles. The van der Waals surface area contributed by atoms with Gasteiger partial charge in [0.15, 0.2) is 0 Å². The molecular formula is C28H39N3O4S. The molecule has 1 fully saturated rings. The molecule has 1 aliphatic carbocycles. The number of benzene rings is 2. The SMILES string of the molecule is CC[C@@H](C(=O)NC1CCCCC1)N(Cc1cccc(C)c1)C(=O)CN(c1ccccc1C)S(C)(=O)=O. The lowest BCUT2D eigenvalue weighted by atomic mass is 9.95. The molecule has 1 aliphatic rings. The molecule has 7 nitrogen and oxygen atoms in total. The van der Waals surface area contributed by atoms with Crippen LogP contribution in [-0.4, -0.2) is 50.0 Å². The van der Waals surface area contributed by atoms with Gasteiger partial charge in [0.05, 0.1) is 11.9 Å². The van der Waals surface area contributed by atoms with Crippen LogP contribution in [0.2, 0.25) is 0 Å². The lowest BCUT2D eigenvalue weighted by Crippen LogP contribution is -2.54. The van der Waals surface area contributed by atoms with E-state index < -0.39 is 22.0 Å². The number of carbonyl (C=O) groups excluding carboxylic acids is 2. The van der Waals surface area contributed by atoms with Crippen molar-refractivity contribution < 1.29 is 18.0 Å². The van der Waals surface area contributed by atoms with Crippen LogP contribution >= 0.6 is 0 Å². The third-order valence-corrected chi connectivity index (χ3v) is 7.96. The molecule has 0 aromatic heterocycles. The van der Waals surface area contributed by atoms with Gasteiger partial charge < -0.3 is 10.2 Å². The number of carbonyl (C=O) groups is 2. The minimum absolute atomic E-state index is 0.121. The Morgan fingerprint density at radius 1 is 1.03 bits per heavy atom. The molecule has 1 N–H and O–H groups in total. The maximum absolute atomic E-state index is 13.8. The summed E-state index contributed by atoms with van der Waals surface area (Å²) in [5.74, 6) is -0.581. The lowest BCUT2D eigenvalue weighted by molar-refractivity contribution is -0.140. The Morgan fingerprint density at radius 3 is 2.33 bits per heavy atom. The summed E-state index contributed by atoms with van der Waals surface area (Å²) in [6.45, 7) is 5.53. The van der Waals surface area contributed by atoms with Gasteiger partial charge in [-0.2, -0.15) is 0 Å². The summed E-state index contributed by atoms with van der Waals surface area (Å²) in [6.07, 6.45) is 6.79. The zero-order valence-electron chi connectivity index (χ0n) is 21.9. The van der Waals surface area contributed by atoms with E-state index in [0.29, 0.717) is 12.1 Å². The van der Waals surface area contributed by atoms with E-state index in [1.807, 2.05) is 57.2 Å². The molecule has 2 amide bonds. The number of para-hydroxylation sites is 1. The summed E-state index contributed by atoms with van der Waals surface area (Å²) < 4.78 is 26.7. The molecule has 0 saturated heterocycles. The lowest BCUT2D eigenvalue weighted by Gasteiger charge is -2.34. The monoisotopic (exact) mass is 513 g/mol. The first-order valence-corrected chi connectivity index (χ1v) is 14.6. The fourth-order valence-corrected chi connectivity index (χ4v) is 5.82. The molecule has 36 heavy (non-hydrogen) atoms. The van der Waals surface area contributed by atoms with Gasteiger partial charge in [-0.1, -0.05) is 74.2 Å². The van der Waals surface area contributed by atoms with Crippen LogP contribution in [0.1, 0.15) is 62.1 Å². The molecule has 0 radical (unpaired) electrons. The standard InChI is InChI=1S/C28H39N3O4S/c1-5-25(28(33)29-24-15-7-6-8-16-24)30(19-23-14-11-12-21(2)18-23)27(32)20-31(36(4,34)35)26-17-10-9-13-22(26)3/h9-14,17-18,24-25H,5-8,15-16,19-20H2,1-4H3,(H,29,33)/t25-/m0/s1. The van der Waals surface area contributed by atoms with E-state index in [4.69, 9.17) is 0 Å². The van der Waals surface area contributed by atoms with Crippen molar-refractivity contribution in [1.82, 2.24) is 10.2 Å². The van der Waals surface area contributed by atoms with Gasteiger partial charge in [0.2, 0.25) is 21.8 Å². The second-order valence-electron chi connectivity index (χ2n) is 9.83. The van der Waals surface area contributed by atoms with Crippen molar-refractivity contribution in [3.05, 3.63) is 65.2 Å². The normalized spacial score (nSPS) is 15.2. The number of sulfonamides is 1. The minimum atomic E-state index is -3.74. The Morgan fingerprint density at radius 2 is 1.72 bits per heavy atom. The summed E-state index contributed by atoms with van der Waals surface area (Å²) in [4.78, 5) is 28.8. The average molecular weight is 514 g/mol. The predicted octanol–water partition coefficient (Wildman–Crippen LogP) is 4.33. The van der Waals surface area contributed by atoms with Crippen molar-refractivity contribution in [3.63, 3.8) is 0 Å². The zero-order valence-corrected chi connectivity index (χ0v) is 22.7. The van der Waals surface area contributed by atoms with E-state index in [1.165, 1.54) is 6.42 Å². The van der Waals surface area contributed by atoms with Crippen LogP contribution in [0.5, 0.6) is 0 Å². The third-order valence-electron chi connectivity index (χ3n) is 6.84. The predicted molar refractivity (Wildman–Crippen MR) is 144 cm³/mol. The topological polar surface area (TPSA) is 86.8 Å². The van der Waals surface area contributed by atoms with Crippen molar-refractivity contribution in [2.75, 3.05) is 17.1 Å². The molecule has 0 unspecified atom stereocenters. The van der Waals surface area contributed by atoms with Gasteiger partial charge in [-0.15, -0.1) is 0 Å².